The third-order valence-corrected chi connectivity index (χ3v) is 5.12. The van der Waals surface area contributed by atoms with Gasteiger partial charge in [0.15, 0.2) is 18.3 Å². The number of esters is 5. The van der Waals surface area contributed by atoms with Crippen molar-refractivity contribution in [1.29, 1.82) is 0 Å². The highest BCUT2D eigenvalue weighted by atomic mass is 16.8. The molecule has 0 amide bonds. The highest BCUT2D eigenvalue weighted by Gasteiger charge is 2.69. The third kappa shape index (κ3) is 4.64. The maximum Gasteiger partial charge on any atom is 0.315 e. The molecule has 0 N–H and O–H groups in total. The molecule has 3 rings (SSSR count). The zero-order chi connectivity index (χ0) is 22.9. The minimum atomic E-state index is -1.91. The zero-order valence-corrected chi connectivity index (χ0v) is 17.5. The van der Waals surface area contributed by atoms with Crippen LogP contribution in [0, 0.1) is 5.92 Å². The summed E-state index contributed by atoms with van der Waals surface area (Å²) in [7, 11) is 0. The molecule has 0 saturated carbocycles. The number of hydrogen-bond acceptors (Lipinski definition) is 12. The molecular weight excluding hydrogens is 420 g/mol. The van der Waals surface area contributed by atoms with Crippen molar-refractivity contribution in [2.75, 3.05) is 13.2 Å². The second-order valence-corrected chi connectivity index (χ2v) is 7.52. The summed E-state index contributed by atoms with van der Waals surface area (Å²) in [5.41, 5.74) is 0. The van der Waals surface area contributed by atoms with Crippen LogP contribution in [0.15, 0.2) is 0 Å². The van der Waals surface area contributed by atoms with Crippen molar-refractivity contribution in [2.24, 2.45) is 5.92 Å². The van der Waals surface area contributed by atoms with Crippen LogP contribution < -0.4 is 0 Å². The van der Waals surface area contributed by atoms with Crippen LogP contribution in [0.3, 0.4) is 0 Å². The molecule has 3 aliphatic heterocycles. The van der Waals surface area contributed by atoms with Gasteiger partial charge in [-0.25, -0.2) is 0 Å². The number of fused-ring (bicyclic) bond motifs is 3. The quantitative estimate of drug-likeness (QED) is 0.393. The molecule has 3 fully saturated rings. The van der Waals surface area contributed by atoms with Crippen LogP contribution in [-0.2, 0) is 57.1 Å². The van der Waals surface area contributed by atoms with Crippen molar-refractivity contribution in [3.8, 4) is 0 Å². The second kappa shape index (κ2) is 8.79. The number of hydrogen-bond donors (Lipinski definition) is 0. The van der Waals surface area contributed by atoms with Gasteiger partial charge < -0.3 is 33.2 Å². The first kappa shape index (κ1) is 22.9. The van der Waals surface area contributed by atoms with E-state index in [1.165, 1.54) is 6.92 Å². The van der Waals surface area contributed by atoms with E-state index in [0.29, 0.717) is 0 Å². The van der Waals surface area contributed by atoms with E-state index in [9.17, 15) is 24.0 Å². The van der Waals surface area contributed by atoms with Crippen LogP contribution in [0.4, 0.5) is 0 Å². The van der Waals surface area contributed by atoms with Crippen LogP contribution in [0.2, 0.25) is 0 Å². The summed E-state index contributed by atoms with van der Waals surface area (Å²) in [5.74, 6) is -6.51. The number of rotatable bonds is 5. The maximum atomic E-state index is 12.5. The Labute approximate surface area is 177 Å². The molecule has 3 aliphatic rings. The van der Waals surface area contributed by atoms with Gasteiger partial charge in [-0.05, 0) is 0 Å². The summed E-state index contributed by atoms with van der Waals surface area (Å²) in [4.78, 5) is 59.5. The fraction of sp³-hybridized carbons (Fsp3) is 0.737. The number of carbonyl (C=O) groups excluding carboxylic acids is 5. The average Bonchev–Trinajstić information content (AvgIpc) is 2.97. The smallest absolute Gasteiger partial charge is 0.315 e. The van der Waals surface area contributed by atoms with E-state index in [-0.39, 0.29) is 13.0 Å². The maximum absolute atomic E-state index is 12.5. The fourth-order valence-corrected chi connectivity index (χ4v) is 4.10. The normalized spacial score (nSPS) is 36.3. The van der Waals surface area contributed by atoms with Gasteiger partial charge in [0, 0.05) is 34.1 Å². The largest absolute Gasteiger partial charge is 0.463 e. The molecule has 0 aromatic carbocycles. The Kier molecular flexibility index (Phi) is 6.51. The van der Waals surface area contributed by atoms with Crippen LogP contribution in [0.25, 0.3) is 0 Å². The van der Waals surface area contributed by atoms with Crippen molar-refractivity contribution >= 4 is 29.8 Å². The molecule has 1 spiro atoms. The first-order chi connectivity index (χ1) is 14.5. The standard InChI is InChI=1S/C19H24O12/c1-8(20)25-7-14-15(27-9(2)21)16(28-10(3)22)17(29-11(4)23)19(31-14)13-5-12(6-26-19)30-18(13)24/h12-17H,5-7H2,1-4H3/t12?,13-,14-,15-,16+,17-,19+/m1/s1. The molecule has 0 radical (unpaired) electrons. The predicted molar refractivity (Wildman–Crippen MR) is 94.8 cm³/mol. The van der Waals surface area contributed by atoms with Crippen LogP contribution in [0.1, 0.15) is 34.1 Å². The summed E-state index contributed by atoms with van der Waals surface area (Å²) >= 11 is 0. The van der Waals surface area contributed by atoms with Gasteiger partial charge in [0.05, 0.1) is 6.61 Å². The molecule has 0 aromatic heterocycles. The summed E-state index contributed by atoms with van der Waals surface area (Å²) < 4.78 is 38.3. The average molecular weight is 444 g/mol. The molecule has 7 atom stereocenters. The molecule has 31 heavy (non-hydrogen) atoms. The molecule has 0 aromatic rings. The van der Waals surface area contributed by atoms with Crippen molar-refractivity contribution in [1.82, 2.24) is 0 Å². The van der Waals surface area contributed by atoms with Crippen LogP contribution >= 0.6 is 0 Å². The molecular formula is C19H24O12. The number of carbonyl (C=O) groups is 5. The lowest BCUT2D eigenvalue weighted by atomic mass is 9.81. The van der Waals surface area contributed by atoms with Crippen LogP contribution in [-0.4, -0.2) is 79.4 Å². The van der Waals surface area contributed by atoms with E-state index >= 15 is 0 Å². The van der Waals surface area contributed by atoms with Gasteiger partial charge in [-0.1, -0.05) is 0 Å². The van der Waals surface area contributed by atoms with Gasteiger partial charge in [0.1, 0.15) is 24.7 Å². The van der Waals surface area contributed by atoms with Gasteiger partial charge in [-0.15, -0.1) is 0 Å². The Balaban J connectivity index is 2.08. The van der Waals surface area contributed by atoms with Crippen LogP contribution in [0.5, 0.6) is 0 Å². The topological polar surface area (TPSA) is 150 Å². The van der Waals surface area contributed by atoms with E-state index in [4.69, 9.17) is 33.2 Å². The summed E-state index contributed by atoms with van der Waals surface area (Å²) in [5, 5.41) is 0. The highest BCUT2D eigenvalue weighted by Crippen LogP contribution is 2.48. The summed E-state index contributed by atoms with van der Waals surface area (Å²) in [6, 6.07) is 0. The Bertz CT molecular complexity index is 778. The molecule has 2 bridgehead atoms. The van der Waals surface area contributed by atoms with Crippen molar-refractivity contribution < 1.29 is 57.1 Å². The Morgan fingerprint density at radius 2 is 1.55 bits per heavy atom. The van der Waals surface area contributed by atoms with Gasteiger partial charge >= 0.3 is 29.8 Å². The van der Waals surface area contributed by atoms with Gasteiger partial charge in [-0.3, -0.25) is 24.0 Å². The Hall–Kier alpha value is -2.73. The van der Waals surface area contributed by atoms with E-state index < -0.39 is 78.7 Å². The summed E-state index contributed by atoms with van der Waals surface area (Å²) in [6.45, 7) is 4.04. The van der Waals surface area contributed by atoms with E-state index in [2.05, 4.69) is 0 Å². The van der Waals surface area contributed by atoms with E-state index in [1.807, 2.05) is 0 Å². The zero-order valence-electron chi connectivity index (χ0n) is 17.5. The number of ether oxygens (including phenoxy) is 7. The van der Waals surface area contributed by atoms with Crippen molar-refractivity contribution in [2.45, 2.75) is 70.4 Å². The lowest BCUT2D eigenvalue weighted by molar-refractivity contribution is -0.385. The van der Waals surface area contributed by atoms with E-state index in [0.717, 1.165) is 20.8 Å². The van der Waals surface area contributed by atoms with Gasteiger partial charge in [0.25, 0.3) is 0 Å². The molecule has 12 heteroatoms. The van der Waals surface area contributed by atoms with Gasteiger partial charge in [0.2, 0.25) is 5.79 Å². The minimum Gasteiger partial charge on any atom is -0.463 e. The highest BCUT2D eigenvalue weighted by molar-refractivity contribution is 5.77. The van der Waals surface area contributed by atoms with Crippen molar-refractivity contribution in [3.63, 3.8) is 0 Å². The molecule has 1 unspecified atom stereocenters. The summed E-state index contributed by atoms with van der Waals surface area (Å²) in [6.07, 6.45) is -5.70. The third-order valence-electron chi connectivity index (χ3n) is 5.12. The molecule has 3 saturated heterocycles. The first-order valence-electron chi connectivity index (χ1n) is 9.70. The fourth-order valence-electron chi connectivity index (χ4n) is 4.10. The lowest BCUT2D eigenvalue weighted by Crippen LogP contribution is -2.72. The van der Waals surface area contributed by atoms with Gasteiger partial charge in [-0.2, -0.15) is 0 Å². The Morgan fingerprint density at radius 3 is 2.13 bits per heavy atom. The molecule has 172 valence electrons. The second-order valence-electron chi connectivity index (χ2n) is 7.52. The van der Waals surface area contributed by atoms with Crippen molar-refractivity contribution in [3.05, 3.63) is 0 Å². The predicted octanol–water partition coefficient (Wildman–Crippen LogP) is -0.598. The lowest BCUT2D eigenvalue weighted by Gasteiger charge is -2.52. The van der Waals surface area contributed by atoms with E-state index in [1.54, 1.807) is 0 Å². The Morgan fingerprint density at radius 1 is 0.935 bits per heavy atom. The monoisotopic (exact) mass is 444 g/mol. The first-order valence-corrected chi connectivity index (χ1v) is 9.70. The molecule has 0 aliphatic carbocycles. The minimum absolute atomic E-state index is 0.0642. The molecule has 12 nitrogen and oxygen atoms in total. The molecule has 3 heterocycles. The SMILES string of the molecule is CC(=O)OC[C@H]1O[C@]2(OCC3C[C@@H]2C(=O)O3)[C@H](OC(C)=O)[C@@H](OC(C)=O)[C@@H]1OC(C)=O.